The molecule has 15 heavy (non-hydrogen) atoms. The van der Waals surface area contributed by atoms with Gasteiger partial charge in [-0.05, 0) is 44.7 Å². The van der Waals surface area contributed by atoms with Gasteiger partial charge in [0.25, 0.3) is 0 Å². The summed E-state index contributed by atoms with van der Waals surface area (Å²) in [5, 5.41) is 11.5. The molecule has 0 aromatic heterocycles. The van der Waals surface area contributed by atoms with Gasteiger partial charge in [-0.3, -0.25) is 4.79 Å². The molecule has 1 amide bonds. The number of aliphatic hydroxyl groups is 1. The van der Waals surface area contributed by atoms with Crippen molar-refractivity contribution in [2.75, 3.05) is 32.8 Å². The first-order chi connectivity index (χ1) is 7.36. The Morgan fingerprint density at radius 1 is 1.40 bits per heavy atom. The monoisotopic (exact) mass is 214 g/mol. The topological polar surface area (TPSA) is 52.6 Å². The number of carbonyl (C=O) groups is 1. The first-order valence-electron chi connectivity index (χ1n) is 5.87. The smallest absolute Gasteiger partial charge is 0.207 e. The second-order valence-electron chi connectivity index (χ2n) is 4.22. The van der Waals surface area contributed by atoms with Gasteiger partial charge in [-0.1, -0.05) is 0 Å². The predicted octanol–water partition coefficient (Wildman–Crippen LogP) is 0.217. The second kappa shape index (κ2) is 7.65. The van der Waals surface area contributed by atoms with Crippen LogP contribution in [0.15, 0.2) is 0 Å². The minimum absolute atomic E-state index is 0.272. The van der Waals surface area contributed by atoms with E-state index in [2.05, 4.69) is 10.2 Å². The van der Waals surface area contributed by atoms with Gasteiger partial charge in [0.1, 0.15) is 0 Å². The summed E-state index contributed by atoms with van der Waals surface area (Å²) in [6.07, 6.45) is 5.54. The standard InChI is InChI=1S/C11H22N2O2/c14-9-8-13-6-3-11(4-7-13)2-1-5-12-10-15/h10-11,14H,1-9H2,(H,12,15). The summed E-state index contributed by atoms with van der Waals surface area (Å²) in [6, 6.07) is 0. The summed E-state index contributed by atoms with van der Waals surface area (Å²) in [5.74, 6) is 0.813. The maximum Gasteiger partial charge on any atom is 0.207 e. The maximum atomic E-state index is 10.0. The number of nitrogens with one attached hydrogen (secondary N) is 1. The maximum absolute atomic E-state index is 10.0. The Hall–Kier alpha value is -0.610. The molecule has 0 aliphatic carbocycles. The molecule has 0 aromatic carbocycles. The molecular formula is C11H22N2O2. The van der Waals surface area contributed by atoms with Crippen molar-refractivity contribution in [2.24, 2.45) is 5.92 Å². The van der Waals surface area contributed by atoms with Crippen molar-refractivity contribution in [3.63, 3.8) is 0 Å². The van der Waals surface area contributed by atoms with E-state index in [0.717, 1.165) is 44.9 Å². The summed E-state index contributed by atoms with van der Waals surface area (Å²) >= 11 is 0. The van der Waals surface area contributed by atoms with E-state index < -0.39 is 0 Å². The quantitative estimate of drug-likeness (QED) is 0.471. The number of hydrogen-bond donors (Lipinski definition) is 2. The highest BCUT2D eigenvalue weighted by Crippen LogP contribution is 2.21. The van der Waals surface area contributed by atoms with Crippen LogP contribution in [0.2, 0.25) is 0 Å². The van der Waals surface area contributed by atoms with Crippen molar-refractivity contribution in [3.05, 3.63) is 0 Å². The van der Waals surface area contributed by atoms with Crippen LogP contribution in [0.5, 0.6) is 0 Å². The number of carbonyl (C=O) groups excluding carboxylic acids is 1. The van der Waals surface area contributed by atoms with Crippen LogP contribution in [0.3, 0.4) is 0 Å². The summed E-state index contributed by atoms with van der Waals surface area (Å²) in [4.78, 5) is 12.3. The van der Waals surface area contributed by atoms with Crippen LogP contribution in [0.1, 0.15) is 25.7 Å². The zero-order valence-corrected chi connectivity index (χ0v) is 9.32. The Labute approximate surface area is 91.6 Å². The number of hydrogen-bond acceptors (Lipinski definition) is 3. The third-order valence-corrected chi connectivity index (χ3v) is 3.14. The lowest BCUT2D eigenvalue weighted by Crippen LogP contribution is -2.35. The molecule has 1 heterocycles. The van der Waals surface area contributed by atoms with E-state index in [1.807, 2.05) is 0 Å². The van der Waals surface area contributed by atoms with E-state index >= 15 is 0 Å². The van der Waals surface area contributed by atoms with Gasteiger partial charge in [-0.25, -0.2) is 0 Å². The molecule has 1 saturated heterocycles. The average Bonchev–Trinajstić information content (AvgIpc) is 2.27. The third-order valence-electron chi connectivity index (χ3n) is 3.14. The number of nitrogens with zero attached hydrogens (tertiary/aromatic N) is 1. The third kappa shape index (κ3) is 5.14. The molecule has 2 N–H and O–H groups in total. The molecule has 0 atom stereocenters. The largest absolute Gasteiger partial charge is 0.395 e. The lowest BCUT2D eigenvalue weighted by Gasteiger charge is -2.31. The van der Waals surface area contributed by atoms with E-state index in [1.54, 1.807) is 0 Å². The van der Waals surface area contributed by atoms with Crippen LogP contribution in [-0.4, -0.2) is 49.2 Å². The molecule has 0 spiro atoms. The van der Waals surface area contributed by atoms with Crippen molar-refractivity contribution in [1.82, 2.24) is 10.2 Å². The Kier molecular flexibility index (Phi) is 6.36. The highest BCUT2D eigenvalue weighted by atomic mass is 16.3. The van der Waals surface area contributed by atoms with Gasteiger partial charge < -0.3 is 15.3 Å². The molecule has 1 aliphatic rings. The fourth-order valence-corrected chi connectivity index (χ4v) is 2.19. The van der Waals surface area contributed by atoms with E-state index in [-0.39, 0.29) is 6.61 Å². The molecule has 0 saturated carbocycles. The molecule has 0 aromatic rings. The van der Waals surface area contributed by atoms with E-state index in [1.165, 1.54) is 19.3 Å². The fourth-order valence-electron chi connectivity index (χ4n) is 2.19. The molecule has 0 radical (unpaired) electrons. The van der Waals surface area contributed by atoms with Gasteiger partial charge in [0.05, 0.1) is 6.61 Å². The minimum atomic E-state index is 0.272. The van der Waals surface area contributed by atoms with Crippen LogP contribution in [0.25, 0.3) is 0 Å². The SMILES string of the molecule is O=CNCCCC1CCN(CCO)CC1. The molecule has 4 heteroatoms. The number of β-amino-alcohol motifs (C(OH)–C–C–N with tert-alkyl or cyclic N) is 1. The van der Waals surface area contributed by atoms with Crippen LogP contribution in [0.4, 0.5) is 0 Å². The number of rotatable bonds is 7. The zero-order chi connectivity index (χ0) is 10.9. The molecule has 4 nitrogen and oxygen atoms in total. The van der Waals surface area contributed by atoms with E-state index in [0.29, 0.717) is 0 Å². The highest BCUT2D eigenvalue weighted by Gasteiger charge is 2.17. The van der Waals surface area contributed by atoms with Crippen molar-refractivity contribution in [2.45, 2.75) is 25.7 Å². The summed E-state index contributed by atoms with van der Waals surface area (Å²) in [6.45, 7) is 4.13. The highest BCUT2D eigenvalue weighted by molar-refractivity contribution is 5.45. The Morgan fingerprint density at radius 3 is 2.73 bits per heavy atom. The number of amides is 1. The summed E-state index contributed by atoms with van der Waals surface area (Å²) < 4.78 is 0. The van der Waals surface area contributed by atoms with Gasteiger partial charge in [0, 0.05) is 13.1 Å². The van der Waals surface area contributed by atoms with Crippen LogP contribution in [0, 0.1) is 5.92 Å². The molecule has 1 fully saturated rings. The minimum Gasteiger partial charge on any atom is -0.395 e. The molecule has 1 aliphatic heterocycles. The van der Waals surface area contributed by atoms with Crippen molar-refractivity contribution in [1.29, 1.82) is 0 Å². The first kappa shape index (κ1) is 12.5. The lowest BCUT2D eigenvalue weighted by molar-refractivity contribution is -0.109. The van der Waals surface area contributed by atoms with Crippen LogP contribution >= 0.6 is 0 Å². The van der Waals surface area contributed by atoms with Crippen LogP contribution in [-0.2, 0) is 4.79 Å². The van der Waals surface area contributed by atoms with Gasteiger partial charge in [0.15, 0.2) is 0 Å². The summed E-state index contributed by atoms with van der Waals surface area (Å²) in [5.41, 5.74) is 0. The first-order valence-corrected chi connectivity index (χ1v) is 5.87. The molecule has 0 unspecified atom stereocenters. The normalized spacial score (nSPS) is 19.0. The van der Waals surface area contributed by atoms with Gasteiger partial charge in [-0.15, -0.1) is 0 Å². The van der Waals surface area contributed by atoms with Gasteiger partial charge in [0.2, 0.25) is 6.41 Å². The molecule has 88 valence electrons. The zero-order valence-electron chi connectivity index (χ0n) is 9.32. The molecule has 0 bridgehead atoms. The number of likely N-dealkylation sites (tertiary alicyclic amines) is 1. The van der Waals surface area contributed by atoms with Gasteiger partial charge >= 0.3 is 0 Å². The lowest BCUT2D eigenvalue weighted by atomic mass is 9.92. The van der Waals surface area contributed by atoms with E-state index in [9.17, 15) is 4.79 Å². The summed E-state index contributed by atoms with van der Waals surface area (Å²) in [7, 11) is 0. The van der Waals surface area contributed by atoms with Gasteiger partial charge in [-0.2, -0.15) is 0 Å². The van der Waals surface area contributed by atoms with E-state index in [4.69, 9.17) is 5.11 Å². The van der Waals surface area contributed by atoms with Crippen molar-refractivity contribution >= 4 is 6.41 Å². The molecule has 1 rings (SSSR count). The Balaban J connectivity index is 2.01. The Bertz CT molecular complexity index is 168. The van der Waals surface area contributed by atoms with Crippen molar-refractivity contribution < 1.29 is 9.90 Å². The van der Waals surface area contributed by atoms with Crippen LogP contribution < -0.4 is 5.32 Å². The average molecular weight is 214 g/mol. The molecular weight excluding hydrogens is 192 g/mol. The van der Waals surface area contributed by atoms with Crippen molar-refractivity contribution in [3.8, 4) is 0 Å². The fraction of sp³-hybridized carbons (Fsp3) is 0.909. The number of piperidine rings is 1. The predicted molar refractivity (Wildman–Crippen MR) is 59.6 cm³/mol. The Morgan fingerprint density at radius 2 is 2.13 bits per heavy atom. The number of aliphatic hydroxyl groups excluding tert-OH is 1. The second-order valence-corrected chi connectivity index (χ2v) is 4.22.